The molecule has 1 aromatic heterocycles. The average molecular weight is 305 g/mol. The van der Waals surface area contributed by atoms with Crippen LogP contribution < -0.4 is 5.73 Å². The molecule has 2 N–H and O–H groups in total. The van der Waals surface area contributed by atoms with Gasteiger partial charge in [-0.05, 0) is 43.7 Å². The molecule has 0 bridgehead atoms. The van der Waals surface area contributed by atoms with E-state index >= 15 is 0 Å². The van der Waals surface area contributed by atoms with Crippen molar-refractivity contribution in [2.75, 3.05) is 5.73 Å². The molecule has 2 aromatic rings. The van der Waals surface area contributed by atoms with Crippen LogP contribution >= 0.6 is 0 Å². The van der Waals surface area contributed by atoms with Crippen LogP contribution in [0.1, 0.15) is 19.4 Å². The van der Waals surface area contributed by atoms with Gasteiger partial charge >= 0.3 is 0 Å². The van der Waals surface area contributed by atoms with E-state index in [1.807, 2.05) is 26.0 Å². The van der Waals surface area contributed by atoms with Crippen LogP contribution in [0.5, 0.6) is 0 Å². The van der Waals surface area contributed by atoms with Gasteiger partial charge in [-0.1, -0.05) is 12.1 Å². The summed E-state index contributed by atoms with van der Waals surface area (Å²) in [4.78, 5) is 4.08. The SMILES string of the molecule is CC(C)N(Cc1cccc(N)c1)S(=O)(=O)c1cccnc1. The molecule has 2 rings (SSSR count). The Bertz CT molecular complexity index is 700. The summed E-state index contributed by atoms with van der Waals surface area (Å²) >= 11 is 0. The number of benzene rings is 1. The van der Waals surface area contributed by atoms with E-state index in [1.54, 1.807) is 30.5 Å². The van der Waals surface area contributed by atoms with E-state index in [-0.39, 0.29) is 17.5 Å². The summed E-state index contributed by atoms with van der Waals surface area (Å²) in [6.07, 6.45) is 2.92. The molecule has 0 spiro atoms. The molecule has 0 saturated heterocycles. The topological polar surface area (TPSA) is 76.3 Å². The van der Waals surface area contributed by atoms with E-state index in [1.165, 1.54) is 10.5 Å². The molecular weight excluding hydrogens is 286 g/mol. The largest absolute Gasteiger partial charge is 0.399 e. The van der Waals surface area contributed by atoms with Crippen molar-refractivity contribution in [3.05, 3.63) is 54.4 Å². The minimum Gasteiger partial charge on any atom is -0.399 e. The summed E-state index contributed by atoms with van der Waals surface area (Å²) in [6.45, 7) is 3.97. The quantitative estimate of drug-likeness (QED) is 0.860. The number of nitrogen functional groups attached to an aromatic ring is 1. The number of nitrogens with two attached hydrogens (primary N) is 1. The second kappa shape index (κ2) is 6.24. The number of rotatable bonds is 5. The van der Waals surface area contributed by atoms with Gasteiger partial charge in [-0.3, -0.25) is 4.98 Å². The highest BCUT2D eigenvalue weighted by Gasteiger charge is 2.27. The van der Waals surface area contributed by atoms with E-state index in [0.717, 1.165) is 5.56 Å². The van der Waals surface area contributed by atoms with Gasteiger partial charge in [-0.15, -0.1) is 0 Å². The lowest BCUT2D eigenvalue weighted by molar-refractivity contribution is 0.348. The lowest BCUT2D eigenvalue weighted by Gasteiger charge is -2.26. The standard InChI is InChI=1S/C15H19N3O2S/c1-12(2)18(11-13-5-3-6-14(16)9-13)21(19,20)15-7-4-8-17-10-15/h3-10,12H,11,16H2,1-2H3. The summed E-state index contributed by atoms with van der Waals surface area (Å²) in [7, 11) is -3.58. The zero-order valence-corrected chi connectivity index (χ0v) is 12.9. The second-order valence-corrected chi connectivity index (χ2v) is 6.97. The Balaban J connectivity index is 2.36. The molecular formula is C15H19N3O2S. The van der Waals surface area contributed by atoms with Crippen molar-refractivity contribution in [3.8, 4) is 0 Å². The first-order chi connectivity index (χ1) is 9.91. The van der Waals surface area contributed by atoms with Crippen LogP contribution in [0.4, 0.5) is 5.69 Å². The number of sulfonamides is 1. The van der Waals surface area contributed by atoms with Crippen LogP contribution in [0, 0.1) is 0 Å². The number of nitrogens with zero attached hydrogens (tertiary/aromatic N) is 2. The van der Waals surface area contributed by atoms with Crippen LogP contribution in [0.2, 0.25) is 0 Å². The molecule has 5 nitrogen and oxygen atoms in total. The lowest BCUT2D eigenvalue weighted by Crippen LogP contribution is -2.36. The van der Waals surface area contributed by atoms with Gasteiger partial charge in [-0.25, -0.2) is 8.42 Å². The van der Waals surface area contributed by atoms with Crippen molar-refractivity contribution in [2.24, 2.45) is 0 Å². The monoisotopic (exact) mass is 305 g/mol. The van der Waals surface area contributed by atoms with Crippen molar-refractivity contribution in [2.45, 2.75) is 31.3 Å². The molecule has 0 aliphatic carbocycles. The third-order valence-corrected chi connectivity index (χ3v) is 5.11. The highest BCUT2D eigenvalue weighted by Crippen LogP contribution is 2.21. The Morgan fingerprint density at radius 3 is 2.57 bits per heavy atom. The van der Waals surface area contributed by atoms with Gasteiger partial charge in [0.25, 0.3) is 0 Å². The minimum atomic E-state index is -3.58. The molecule has 0 aliphatic rings. The maximum Gasteiger partial charge on any atom is 0.245 e. The Hall–Kier alpha value is -1.92. The van der Waals surface area contributed by atoms with Crippen LogP contribution in [-0.2, 0) is 16.6 Å². The summed E-state index contributed by atoms with van der Waals surface area (Å²) in [5.41, 5.74) is 7.23. The Morgan fingerprint density at radius 1 is 1.24 bits per heavy atom. The number of hydrogen-bond acceptors (Lipinski definition) is 4. The van der Waals surface area contributed by atoms with Crippen LogP contribution in [0.3, 0.4) is 0 Å². The van der Waals surface area contributed by atoms with E-state index in [0.29, 0.717) is 5.69 Å². The number of aromatic nitrogens is 1. The summed E-state index contributed by atoms with van der Waals surface area (Å²) < 4.78 is 26.9. The van der Waals surface area contributed by atoms with Crippen molar-refractivity contribution in [3.63, 3.8) is 0 Å². The smallest absolute Gasteiger partial charge is 0.245 e. The van der Waals surface area contributed by atoms with E-state index in [9.17, 15) is 8.42 Å². The number of hydrogen-bond donors (Lipinski definition) is 1. The molecule has 0 atom stereocenters. The van der Waals surface area contributed by atoms with Crippen LogP contribution in [0.25, 0.3) is 0 Å². The Kier molecular flexibility index (Phi) is 4.59. The van der Waals surface area contributed by atoms with Crippen molar-refractivity contribution < 1.29 is 8.42 Å². The van der Waals surface area contributed by atoms with Crippen LogP contribution in [0.15, 0.2) is 53.7 Å². The third kappa shape index (κ3) is 3.59. The molecule has 1 heterocycles. The predicted molar refractivity (Wildman–Crippen MR) is 83.0 cm³/mol. The van der Waals surface area contributed by atoms with E-state index < -0.39 is 10.0 Å². The third-order valence-electron chi connectivity index (χ3n) is 3.11. The van der Waals surface area contributed by atoms with Crippen molar-refractivity contribution in [1.82, 2.24) is 9.29 Å². The molecule has 0 radical (unpaired) electrons. The van der Waals surface area contributed by atoms with E-state index in [4.69, 9.17) is 5.73 Å². The average Bonchev–Trinajstić information content (AvgIpc) is 2.45. The fourth-order valence-electron chi connectivity index (χ4n) is 2.05. The van der Waals surface area contributed by atoms with E-state index in [2.05, 4.69) is 4.98 Å². The maximum absolute atomic E-state index is 12.7. The van der Waals surface area contributed by atoms with Crippen molar-refractivity contribution in [1.29, 1.82) is 0 Å². The Morgan fingerprint density at radius 2 is 2.00 bits per heavy atom. The lowest BCUT2D eigenvalue weighted by atomic mass is 10.2. The molecule has 0 saturated carbocycles. The highest BCUT2D eigenvalue weighted by molar-refractivity contribution is 7.89. The first kappa shape index (κ1) is 15.5. The predicted octanol–water partition coefficient (Wildman–Crippen LogP) is 2.26. The number of anilines is 1. The molecule has 1 aromatic carbocycles. The maximum atomic E-state index is 12.7. The van der Waals surface area contributed by atoms with Gasteiger partial charge in [0.05, 0.1) is 0 Å². The highest BCUT2D eigenvalue weighted by atomic mass is 32.2. The first-order valence-electron chi connectivity index (χ1n) is 6.67. The molecule has 0 fully saturated rings. The normalized spacial score (nSPS) is 12.0. The summed E-state index contributed by atoms with van der Waals surface area (Å²) in [5.74, 6) is 0. The van der Waals surface area contributed by atoms with Gasteiger partial charge in [0.15, 0.2) is 0 Å². The first-order valence-corrected chi connectivity index (χ1v) is 8.11. The van der Waals surface area contributed by atoms with Crippen molar-refractivity contribution >= 4 is 15.7 Å². The fourth-order valence-corrected chi connectivity index (χ4v) is 3.64. The molecule has 21 heavy (non-hydrogen) atoms. The molecule has 112 valence electrons. The van der Waals surface area contributed by atoms with Crippen LogP contribution in [-0.4, -0.2) is 23.7 Å². The van der Waals surface area contributed by atoms with Gasteiger partial charge in [0.1, 0.15) is 4.90 Å². The molecule has 0 unspecified atom stereocenters. The van der Waals surface area contributed by atoms with Gasteiger partial charge < -0.3 is 5.73 Å². The zero-order valence-electron chi connectivity index (χ0n) is 12.1. The summed E-state index contributed by atoms with van der Waals surface area (Å²) in [6, 6.07) is 10.2. The zero-order chi connectivity index (χ0) is 15.5. The fraction of sp³-hybridized carbons (Fsp3) is 0.267. The van der Waals surface area contributed by atoms with Gasteiger partial charge in [0.2, 0.25) is 10.0 Å². The number of pyridine rings is 1. The second-order valence-electron chi connectivity index (χ2n) is 5.08. The molecule has 0 aliphatic heterocycles. The minimum absolute atomic E-state index is 0.170. The van der Waals surface area contributed by atoms with Gasteiger partial charge in [0, 0.05) is 30.7 Å². The molecule has 6 heteroatoms. The molecule has 0 amide bonds. The van der Waals surface area contributed by atoms with Gasteiger partial charge in [-0.2, -0.15) is 4.31 Å². The summed E-state index contributed by atoms with van der Waals surface area (Å²) in [5, 5.41) is 0. The Labute approximate surface area is 125 Å².